The summed E-state index contributed by atoms with van der Waals surface area (Å²) < 4.78 is 4.24. The number of hydrogen-bond acceptors (Lipinski definition) is 6. The molecule has 1 aliphatic heterocycles. The number of aliphatic hydroxyl groups excluding tert-OH is 1. The maximum absolute atomic E-state index is 10.6. The van der Waals surface area contributed by atoms with Crippen molar-refractivity contribution in [3.05, 3.63) is 0 Å². The van der Waals surface area contributed by atoms with Crippen LogP contribution in [-0.2, 0) is 14.3 Å². The van der Waals surface area contributed by atoms with E-state index in [-0.39, 0.29) is 0 Å². The fourth-order valence-electron chi connectivity index (χ4n) is 0.622. The summed E-state index contributed by atoms with van der Waals surface area (Å²) in [6.07, 6.45) is -0.537. The van der Waals surface area contributed by atoms with Gasteiger partial charge in [0.05, 0.1) is 0 Å². The summed E-state index contributed by atoms with van der Waals surface area (Å²) in [5.74, 6) is -1.35. The van der Waals surface area contributed by atoms with Gasteiger partial charge < -0.3 is 25.6 Å². The average molecular weight is 578 g/mol. The predicted molar refractivity (Wildman–Crippen MR) is 87.3 cm³/mol. The van der Waals surface area contributed by atoms with Gasteiger partial charge in [-0.1, -0.05) is 13.8 Å². The van der Waals surface area contributed by atoms with Gasteiger partial charge in [-0.2, -0.15) is 4.99 Å². The molecule has 1 heterocycles. The first-order valence-corrected chi connectivity index (χ1v) is 6.96. The van der Waals surface area contributed by atoms with E-state index in [1.165, 1.54) is 0 Å². The Kier molecular flexibility index (Phi) is 16.1. The maximum atomic E-state index is 10.6. The molecule has 0 saturated heterocycles. The zero-order chi connectivity index (χ0) is 18.6. The van der Waals surface area contributed by atoms with E-state index in [2.05, 4.69) is 20.4 Å². The summed E-state index contributed by atoms with van der Waals surface area (Å²) in [6, 6.07) is 0. The van der Waals surface area contributed by atoms with Gasteiger partial charge in [-0.05, 0) is 48.8 Å². The third-order valence-corrected chi connectivity index (χ3v) is 2.22. The molecule has 0 unspecified atom stereocenters. The molecule has 0 radical (unpaired) electrons. The van der Waals surface area contributed by atoms with Crippen LogP contribution in [0.2, 0.25) is 0 Å². The number of aliphatic carboxylic acids is 1. The van der Waals surface area contributed by atoms with Crippen molar-refractivity contribution in [3.8, 4) is 0 Å². The van der Waals surface area contributed by atoms with Gasteiger partial charge in [-0.3, -0.25) is 4.79 Å². The Hall–Kier alpha value is -2.67. The van der Waals surface area contributed by atoms with Gasteiger partial charge in [-0.25, -0.2) is 4.79 Å². The molecule has 0 bridgehead atoms. The number of carbonyl (C=O) groups is 2. The summed E-state index contributed by atoms with van der Waals surface area (Å²) in [4.78, 5) is 24.3. The largest absolute Gasteiger partial charge is 0.480 e. The van der Waals surface area contributed by atoms with E-state index in [1.54, 1.807) is 34.7 Å². The molecule has 0 spiro atoms. The van der Waals surface area contributed by atoms with Crippen molar-refractivity contribution >= 4 is 18.0 Å². The number of carboxylic acids is 1. The summed E-state index contributed by atoms with van der Waals surface area (Å²) in [5, 5.41) is 22.3. The predicted octanol–water partition coefficient (Wildman–Crippen LogP) is 1.17. The van der Waals surface area contributed by atoms with E-state index in [0.29, 0.717) is 0 Å². The number of nitrogens with one attached hydrogen (secondary N) is 2. The standard InChI is InChI=1S/C5H7NO3.C5H11NO2.C2H7N.C2H6.Fm/c1-5(2)3(7)9-4(8)6-5;1-5(2,6-3)4(7)8;1-3-2;1-2;/h1-2H3,(H,6,8);6H,1-3H3,(H,7,8);3H,1-2H3;1-2H3;. The number of likely N-dealkylation sites (N-methyl/N-ethyl adjacent to an activating group) is 1. The van der Waals surface area contributed by atoms with E-state index >= 15 is 0 Å². The quantitative estimate of drug-likeness (QED) is 0.364. The first-order valence-electron chi connectivity index (χ1n) is 6.96. The van der Waals surface area contributed by atoms with Crippen LogP contribution in [0.15, 0.2) is 4.99 Å². The molecule has 23 heavy (non-hydrogen) atoms. The summed E-state index contributed by atoms with van der Waals surface area (Å²) in [6.45, 7) is 10.3. The van der Waals surface area contributed by atoms with E-state index < -0.39 is 29.1 Å². The Bertz CT molecular complexity index is 371. The molecule has 0 aromatic heterocycles. The average Bonchev–Trinajstić information content (AvgIpc) is 2.64. The molecule has 1 aliphatic rings. The second kappa shape index (κ2) is 13.0. The topological polar surface area (TPSA) is 120 Å². The molecular formula is C14H31FmN3O5. The number of nitrogens with zero attached hydrogens (tertiary/aromatic N) is 1. The fraction of sp³-hybridized carbons (Fsp3) is 0.786. The zero-order valence-electron chi connectivity index (χ0n) is 15.4. The SMILES string of the molecule is CC.CC1(C)N=C(O)OC1=O.CNC.CNC(C)(C)C(=O)O.[Fm]. The van der Waals surface area contributed by atoms with Crippen molar-refractivity contribution in [2.75, 3.05) is 21.1 Å². The fourth-order valence-corrected chi connectivity index (χ4v) is 0.622. The van der Waals surface area contributed by atoms with Crippen molar-refractivity contribution in [1.82, 2.24) is 10.6 Å². The van der Waals surface area contributed by atoms with E-state index in [4.69, 9.17) is 10.2 Å². The third kappa shape index (κ3) is 12.8. The zero-order valence-corrected chi connectivity index (χ0v) is 17.8. The summed E-state index contributed by atoms with van der Waals surface area (Å²) >= 11 is 0. The van der Waals surface area contributed by atoms with Crippen LogP contribution in [0.3, 0.4) is 0 Å². The van der Waals surface area contributed by atoms with Crippen molar-refractivity contribution in [3.63, 3.8) is 0 Å². The van der Waals surface area contributed by atoms with E-state index in [1.807, 2.05) is 27.9 Å². The molecule has 0 saturated carbocycles. The molecular weight excluding hydrogens is 547 g/mol. The van der Waals surface area contributed by atoms with Crippen LogP contribution in [0.4, 0.5) is 0 Å². The second-order valence-corrected chi connectivity index (χ2v) is 5.02. The number of hydrogen-bond donors (Lipinski definition) is 4. The van der Waals surface area contributed by atoms with E-state index in [9.17, 15) is 9.59 Å². The minimum atomic E-state index is -0.899. The molecule has 144 valence electrons. The Balaban J connectivity index is -0.000000119. The number of rotatable bonds is 2. The van der Waals surface area contributed by atoms with Gasteiger partial charge in [-0.15, -0.1) is 0 Å². The van der Waals surface area contributed by atoms with E-state index in [0.717, 1.165) is 0 Å². The maximum Gasteiger partial charge on any atom is 0.390 e. The molecule has 1 rings (SSSR count). The normalized spacial score (nSPS) is 14.1. The summed E-state index contributed by atoms with van der Waals surface area (Å²) in [5.41, 5.74) is -1.69. The van der Waals surface area contributed by atoms with Gasteiger partial charge in [0.15, 0.2) is 5.54 Å². The van der Waals surface area contributed by atoms with Crippen LogP contribution in [0.25, 0.3) is 0 Å². The molecule has 4 N–H and O–H groups in total. The van der Waals surface area contributed by atoms with Crippen LogP contribution in [-0.4, -0.2) is 60.5 Å². The van der Waals surface area contributed by atoms with Crippen molar-refractivity contribution in [2.24, 2.45) is 4.99 Å². The Morgan fingerprint density at radius 1 is 1.22 bits per heavy atom. The second-order valence-electron chi connectivity index (χ2n) is 5.02. The molecule has 0 atom stereocenters. The number of carboxylic acid groups (broad SMARTS) is 1. The van der Waals surface area contributed by atoms with Gasteiger partial charge in [0.2, 0.25) is 0 Å². The molecule has 8 nitrogen and oxygen atoms in total. The van der Waals surface area contributed by atoms with Gasteiger partial charge >= 0.3 is 18.0 Å². The van der Waals surface area contributed by atoms with Gasteiger partial charge in [0.25, 0.3) is 0 Å². The molecule has 0 aromatic carbocycles. The number of aliphatic imine (C=N–C) groups is 1. The molecule has 0 aromatic rings. The Morgan fingerprint density at radius 3 is 1.61 bits per heavy atom. The number of aliphatic hydroxyl groups is 1. The first-order chi connectivity index (χ1) is 9.94. The van der Waals surface area contributed by atoms with Crippen LogP contribution in [0.1, 0.15) is 41.5 Å². The Labute approximate surface area is 133 Å². The van der Waals surface area contributed by atoms with Gasteiger partial charge in [0, 0.05) is 0 Å². The smallest absolute Gasteiger partial charge is 0.390 e. The molecule has 0 aliphatic carbocycles. The molecule has 0 fully saturated rings. The number of esters is 1. The van der Waals surface area contributed by atoms with Crippen molar-refractivity contribution < 1.29 is 24.5 Å². The number of ether oxygens (including phenoxy) is 1. The van der Waals surface area contributed by atoms with Crippen molar-refractivity contribution in [1.29, 1.82) is 0 Å². The Morgan fingerprint density at radius 2 is 1.57 bits per heavy atom. The first kappa shape index (κ1) is 28.5. The van der Waals surface area contributed by atoms with Crippen LogP contribution >= 0.6 is 0 Å². The molecule has 0 amide bonds. The van der Waals surface area contributed by atoms with Crippen LogP contribution < -0.4 is 10.6 Å². The number of cyclic esters (lactones) is 1. The van der Waals surface area contributed by atoms with Crippen molar-refractivity contribution in [2.45, 2.75) is 52.6 Å². The van der Waals surface area contributed by atoms with Gasteiger partial charge in [0.1, 0.15) is 5.54 Å². The number of carbonyl (C=O) groups excluding carboxylic acids is 1. The molecule has 9 heteroatoms. The third-order valence-electron chi connectivity index (χ3n) is 2.22. The monoisotopic (exact) mass is 578 g/mol. The van der Waals surface area contributed by atoms with Crippen LogP contribution in [0, 0.1) is 0 Å². The minimum absolute atomic E-state index is 0. The van der Waals surface area contributed by atoms with Crippen LogP contribution in [0.5, 0.6) is 0 Å². The summed E-state index contributed by atoms with van der Waals surface area (Å²) in [7, 11) is 5.37. The minimum Gasteiger partial charge on any atom is -0.480 e.